The van der Waals surface area contributed by atoms with Crippen molar-refractivity contribution < 1.29 is 14.3 Å². The Labute approximate surface area is 157 Å². The number of aliphatic hydroxyl groups excluding tert-OH is 1. The van der Waals surface area contributed by atoms with Crippen molar-refractivity contribution in [2.45, 2.75) is 31.8 Å². The summed E-state index contributed by atoms with van der Waals surface area (Å²) in [5.41, 5.74) is 0.651. The maximum atomic E-state index is 14.0. The summed E-state index contributed by atoms with van der Waals surface area (Å²) in [6.45, 7) is 2.34. The zero-order valence-electron chi connectivity index (χ0n) is 15.1. The molecule has 8 heteroatoms. The van der Waals surface area contributed by atoms with E-state index in [1.807, 2.05) is 4.90 Å². The number of carbonyl (C=O) groups excluding carboxylic acids is 1. The molecule has 2 aliphatic heterocycles. The normalized spacial score (nSPS) is 22.2. The molecule has 1 atom stereocenters. The number of rotatable bonds is 3. The van der Waals surface area contributed by atoms with Crippen LogP contribution in [-0.4, -0.2) is 63.1 Å². The van der Waals surface area contributed by atoms with Gasteiger partial charge in [0.25, 0.3) is 0 Å². The van der Waals surface area contributed by atoms with Crippen molar-refractivity contribution in [3.63, 3.8) is 0 Å². The molecule has 1 amide bonds. The lowest BCUT2D eigenvalue weighted by molar-refractivity contribution is -0.138. The summed E-state index contributed by atoms with van der Waals surface area (Å²) in [5.74, 6) is 0.0694. The summed E-state index contributed by atoms with van der Waals surface area (Å²) in [6, 6.07) is 3.01. The van der Waals surface area contributed by atoms with Gasteiger partial charge in [0.15, 0.2) is 11.6 Å². The number of aromatic amines is 1. The van der Waals surface area contributed by atoms with E-state index in [0.717, 1.165) is 18.5 Å². The van der Waals surface area contributed by atoms with Crippen LogP contribution in [0.4, 0.5) is 10.2 Å². The van der Waals surface area contributed by atoms with E-state index < -0.39 is 6.10 Å². The molecule has 2 N–H and O–H groups in total. The van der Waals surface area contributed by atoms with Crippen LogP contribution in [-0.2, 0) is 11.2 Å². The van der Waals surface area contributed by atoms with Gasteiger partial charge in [-0.15, -0.1) is 0 Å². The molecule has 7 nitrogen and oxygen atoms in total. The van der Waals surface area contributed by atoms with Crippen LogP contribution in [0.15, 0.2) is 30.9 Å². The van der Waals surface area contributed by atoms with Crippen LogP contribution in [0.25, 0.3) is 0 Å². The van der Waals surface area contributed by atoms with E-state index in [1.165, 1.54) is 6.07 Å². The van der Waals surface area contributed by atoms with Gasteiger partial charge in [-0.1, -0.05) is 0 Å². The van der Waals surface area contributed by atoms with Crippen molar-refractivity contribution in [3.8, 4) is 0 Å². The minimum Gasteiger partial charge on any atom is -0.391 e. The highest BCUT2D eigenvalue weighted by atomic mass is 19.1. The smallest absolute Gasteiger partial charge is 0.228 e. The number of amides is 1. The van der Waals surface area contributed by atoms with Crippen LogP contribution in [0.2, 0.25) is 0 Å². The van der Waals surface area contributed by atoms with E-state index in [-0.39, 0.29) is 23.6 Å². The van der Waals surface area contributed by atoms with Gasteiger partial charge < -0.3 is 19.9 Å². The third kappa shape index (κ3) is 3.80. The molecule has 4 rings (SSSR count). The molecular weight excluding hydrogens is 349 g/mol. The Morgan fingerprint density at radius 1 is 1.41 bits per heavy atom. The zero-order valence-corrected chi connectivity index (χ0v) is 15.1. The number of β-amino-alcohol motifs (C(OH)–C–C–N with tert-alkyl or cyclic N) is 1. The number of H-pyrrole nitrogens is 1. The number of pyridine rings is 1. The number of carbonyl (C=O) groups is 1. The summed E-state index contributed by atoms with van der Waals surface area (Å²) in [6.07, 6.45) is 6.82. The molecule has 0 aromatic carbocycles. The molecule has 0 saturated carbocycles. The number of nitrogens with one attached hydrogen (secondary N) is 1. The van der Waals surface area contributed by atoms with Crippen molar-refractivity contribution >= 4 is 11.7 Å². The monoisotopic (exact) mass is 373 g/mol. The Morgan fingerprint density at radius 3 is 2.93 bits per heavy atom. The van der Waals surface area contributed by atoms with E-state index in [2.05, 4.69) is 15.0 Å². The predicted octanol–water partition coefficient (Wildman–Crippen LogP) is 1.37. The molecule has 0 aliphatic carbocycles. The minimum absolute atomic E-state index is 0.00410. The highest BCUT2D eigenvalue weighted by molar-refractivity contribution is 5.78. The van der Waals surface area contributed by atoms with Gasteiger partial charge in [0.2, 0.25) is 5.91 Å². The van der Waals surface area contributed by atoms with Crippen LogP contribution < -0.4 is 4.90 Å². The van der Waals surface area contributed by atoms with Gasteiger partial charge in [-0.05, 0) is 36.8 Å². The highest BCUT2D eigenvalue weighted by Crippen LogP contribution is 2.41. The number of hydrogen-bond donors (Lipinski definition) is 2. The Bertz CT molecular complexity index is 789. The van der Waals surface area contributed by atoms with Gasteiger partial charge in [0, 0.05) is 44.3 Å². The van der Waals surface area contributed by atoms with Crippen molar-refractivity contribution in [1.82, 2.24) is 19.9 Å². The third-order valence-corrected chi connectivity index (χ3v) is 5.74. The molecule has 2 fully saturated rings. The molecule has 0 bridgehead atoms. The molecule has 0 radical (unpaired) electrons. The molecule has 1 spiro atoms. The van der Waals surface area contributed by atoms with Crippen molar-refractivity contribution in [1.29, 1.82) is 0 Å². The second-order valence-corrected chi connectivity index (χ2v) is 7.68. The fourth-order valence-corrected chi connectivity index (χ4v) is 4.36. The standard InChI is InChI=1S/C19H24FN5O2/c20-16-2-1-5-22-18(16)24-6-3-19(4-7-24)9-15(26)11-25(12-19)17(27)8-14-10-21-13-23-14/h1-2,5,10,13,15,26H,3-4,6-9,11-12H2,(H,21,23). The average Bonchev–Trinajstić information content (AvgIpc) is 3.15. The van der Waals surface area contributed by atoms with Gasteiger partial charge in [-0.2, -0.15) is 0 Å². The number of likely N-dealkylation sites (tertiary alicyclic amines) is 1. The lowest BCUT2D eigenvalue weighted by Crippen LogP contribution is -2.55. The predicted molar refractivity (Wildman–Crippen MR) is 97.6 cm³/mol. The fraction of sp³-hybridized carbons (Fsp3) is 0.526. The van der Waals surface area contributed by atoms with E-state index in [4.69, 9.17) is 0 Å². The van der Waals surface area contributed by atoms with Gasteiger partial charge in [-0.25, -0.2) is 14.4 Å². The zero-order chi connectivity index (χ0) is 18.9. The summed E-state index contributed by atoms with van der Waals surface area (Å²) in [4.78, 5) is 27.4. The van der Waals surface area contributed by atoms with Gasteiger partial charge in [0.05, 0.1) is 18.9 Å². The van der Waals surface area contributed by atoms with Crippen molar-refractivity contribution in [2.75, 3.05) is 31.1 Å². The Hall–Kier alpha value is -2.48. The Morgan fingerprint density at radius 2 is 2.22 bits per heavy atom. The first kappa shape index (κ1) is 17.9. The summed E-state index contributed by atoms with van der Waals surface area (Å²) < 4.78 is 14.0. The maximum Gasteiger partial charge on any atom is 0.228 e. The molecule has 27 heavy (non-hydrogen) atoms. The second kappa shape index (κ2) is 7.26. The molecule has 2 aromatic heterocycles. The quantitative estimate of drug-likeness (QED) is 0.849. The number of aliphatic hydroxyl groups is 1. The van der Waals surface area contributed by atoms with Gasteiger partial charge in [0.1, 0.15) is 0 Å². The minimum atomic E-state index is -0.525. The number of anilines is 1. The topological polar surface area (TPSA) is 85.3 Å². The van der Waals surface area contributed by atoms with Gasteiger partial charge >= 0.3 is 0 Å². The molecule has 2 aromatic rings. The largest absolute Gasteiger partial charge is 0.391 e. The lowest BCUT2D eigenvalue weighted by Gasteiger charge is -2.49. The molecule has 2 aliphatic rings. The van der Waals surface area contributed by atoms with E-state index in [9.17, 15) is 14.3 Å². The van der Waals surface area contributed by atoms with Gasteiger partial charge in [-0.3, -0.25) is 4.79 Å². The first-order valence-corrected chi connectivity index (χ1v) is 9.33. The summed E-state index contributed by atoms with van der Waals surface area (Å²) >= 11 is 0. The number of nitrogens with zero attached hydrogens (tertiary/aromatic N) is 4. The van der Waals surface area contributed by atoms with E-state index in [0.29, 0.717) is 38.4 Å². The number of aromatic nitrogens is 3. The number of halogens is 1. The van der Waals surface area contributed by atoms with Crippen molar-refractivity contribution in [3.05, 3.63) is 42.4 Å². The maximum absolute atomic E-state index is 14.0. The molecule has 1 unspecified atom stereocenters. The van der Waals surface area contributed by atoms with E-state index in [1.54, 1.807) is 29.7 Å². The SMILES string of the molecule is O=C(Cc1cnc[nH]1)N1CC(O)CC2(CCN(c3ncccc3F)CC2)C1. The molecule has 4 heterocycles. The number of imidazole rings is 1. The van der Waals surface area contributed by atoms with Crippen LogP contribution in [0, 0.1) is 11.2 Å². The molecule has 2 saturated heterocycles. The lowest BCUT2D eigenvalue weighted by atomic mass is 9.71. The van der Waals surface area contributed by atoms with E-state index >= 15 is 0 Å². The first-order valence-electron chi connectivity index (χ1n) is 9.33. The number of hydrogen-bond acceptors (Lipinski definition) is 5. The van der Waals surface area contributed by atoms with Crippen LogP contribution in [0.1, 0.15) is 25.0 Å². The Balaban J connectivity index is 1.42. The third-order valence-electron chi connectivity index (χ3n) is 5.74. The Kier molecular flexibility index (Phi) is 4.82. The molecular formula is C19H24FN5O2. The summed E-state index contributed by atoms with van der Waals surface area (Å²) in [5, 5.41) is 10.4. The van der Waals surface area contributed by atoms with Crippen LogP contribution >= 0.6 is 0 Å². The number of piperidine rings is 2. The molecule has 144 valence electrons. The summed E-state index contributed by atoms with van der Waals surface area (Å²) in [7, 11) is 0. The first-order chi connectivity index (χ1) is 13.0. The second-order valence-electron chi connectivity index (χ2n) is 7.68. The fourth-order valence-electron chi connectivity index (χ4n) is 4.36. The van der Waals surface area contributed by atoms with Crippen LogP contribution in [0.5, 0.6) is 0 Å². The van der Waals surface area contributed by atoms with Crippen molar-refractivity contribution in [2.24, 2.45) is 5.41 Å². The van der Waals surface area contributed by atoms with Crippen LogP contribution in [0.3, 0.4) is 0 Å². The average molecular weight is 373 g/mol. The highest BCUT2D eigenvalue weighted by Gasteiger charge is 2.43.